The molecule has 0 saturated carbocycles. The number of nitrogens with one attached hydrogen (secondary N) is 4. The van der Waals surface area contributed by atoms with Gasteiger partial charge < -0.3 is 72.1 Å². The lowest BCUT2D eigenvalue weighted by Gasteiger charge is -2.15. The van der Waals surface area contributed by atoms with Crippen molar-refractivity contribution in [2.75, 3.05) is 32.7 Å². The third-order valence-corrected chi connectivity index (χ3v) is 17.2. The van der Waals surface area contributed by atoms with Gasteiger partial charge in [-0.2, -0.15) is 49.5 Å². The van der Waals surface area contributed by atoms with E-state index in [-0.39, 0.29) is 157 Å². The fourth-order valence-corrected chi connectivity index (χ4v) is 12.2. The zero-order valence-electron chi connectivity index (χ0n) is 51.8. The summed E-state index contributed by atoms with van der Waals surface area (Å²) in [6.45, 7) is 11.5. The van der Waals surface area contributed by atoms with Crippen LogP contribution in [-0.2, 0) is 30.0 Å². The molecule has 10 rings (SSSR count). The van der Waals surface area contributed by atoms with Crippen LogP contribution in [-0.4, -0.2) is 140 Å². The van der Waals surface area contributed by atoms with E-state index in [1.807, 2.05) is 41.5 Å². The maximum Gasteiger partial charge on any atom is 0.335 e. The molecular formula is C56H46N24O16S4. The first-order chi connectivity index (χ1) is 47.6. The predicted octanol–water partition coefficient (Wildman–Crippen LogP) is 9.43. The van der Waals surface area contributed by atoms with Crippen LogP contribution in [0.1, 0.15) is 94.4 Å². The van der Waals surface area contributed by atoms with E-state index in [4.69, 9.17) is 40.6 Å². The summed E-state index contributed by atoms with van der Waals surface area (Å²) in [6.07, 6.45) is 0. The largest absolute Gasteiger partial charge is 0.478 e. The Bertz CT molecular complexity index is 4910. The molecule has 100 heavy (non-hydrogen) atoms. The zero-order valence-corrected chi connectivity index (χ0v) is 55.0. The van der Waals surface area contributed by atoms with E-state index in [0.717, 1.165) is 84.0 Å². The van der Waals surface area contributed by atoms with Crippen molar-refractivity contribution >= 4 is 174 Å². The molecule has 510 valence electrons. The van der Waals surface area contributed by atoms with Crippen LogP contribution in [0.4, 0.5) is 79.8 Å². The minimum Gasteiger partial charge on any atom is -0.478 e. The summed E-state index contributed by atoms with van der Waals surface area (Å²) >= 11 is 2.10. The number of benzene rings is 4. The first-order valence-corrected chi connectivity index (χ1v) is 31.6. The fraction of sp³-hybridized carbons (Fsp3) is 0.143. The molecule has 0 aliphatic heterocycles. The second-order valence-electron chi connectivity index (χ2n) is 21.9. The number of carbonyl (C=O) groups excluding carboxylic acids is 4. The van der Waals surface area contributed by atoms with Crippen LogP contribution in [0, 0.1) is 0 Å². The Hall–Kier alpha value is -13.1. The standard InChI is InChI=1S/C56H46N24O16S4/c1-55(2,3)37-35(39(57)79(77-37)49-65-45(59-27-8-23(41(85)86)7-24(9-27)42(87)88)63-46(66-49)60-28-10-25(43(89)90)12-31(14-28)93-19-81)69-71-51-73-75-53(97-51)99-100-54-76-74-52(98-54)72-70-36-38(56(4,5)6)78-80(40(36)58)50-67-47(61-29-11-26(44(91)92)13-32(15-29)94-20-82)64-48(68-50)62-30-16-33(95-21-83)18-34(17-30)96-22-84/h7-22H,57-58H2,1-6H3,(H,85,86)(H,87,88)(H,89,90)(H,91,92)(H2,59,60,63,65,66)(H2,61,62,64,67,68). The Balaban J connectivity index is 0.900. The number of hydrogen-bond donors (Lipinski definition) is 10. The fourth-order valence-electron chi connectivity index (χ4n) is 8.50. The number of nitrogen functional groups attached to an aromatic ring is 2. The molecule has 0 aliphatic carbocycles. The van der Waals surface area contributed by atoms with Gasteiger partial charge in [-0.25, -0.2) is 19.2 Å². The van der Waals surface area contributed by atoms with Crippen molar-refractivity contribution in [2.24, 2.45) is 20.5 Å². The molecule has 40 nitrogen and oxygen atoms in total. The number of aromatic nitrogens is 14. The van der Waals surface area contributed by atoms with Crippen molar-refractivity contribution in [3.05, 3.63) is 106 Å². The van der Waals surface area contributed by atoms with Gasteiger partial charge in [0.2, 0.25) is 23.8 Å². The lowest BCUT2D eigenvalue weighted by molar-refractivity contribution is -0.121. The smallest absolute Gasteiger partial charge is 0.335 e. The second-order valence-corrected chi connectivity index (χ2v) is 26.4. The third kappa shape index (κ3) is 16.9. The van der Waals surface area contributed by atoms with Crippen molar-refractivity contribution < 1.29 is 77.7 Å². The summed E-state index contributed by atoms with van der Waals surface area (Å²) in [7, 11) is 2.31. The quantitative estimate of drug-likeness (QED) is 0.0118. The summed E-state index contributed by atoms with van der Waals surface area (Å²) in [5.41, 5.74) is 11.5. The van der Waals surface area contributed by atoms with Gasteiger partial charge in [-0.05, 0) is 64.1 Å². The molecule has 12 N–H and O–H groups in total. The number of ether oxygens (including phenoxy) is 4. The molecule has 0 atom stereocenters. The molecule has 10 aromatic rings. The van der Waals surface area contributed by atoms with Crippen LogP contribution < -0.4 is 51.7 Å². The summed E-state index contributed by atoms with van der Waals surface area (Å²) in [5.74, 6) is -7.84. The van der Waals surface area contributed by atoms with E-state index >= 15 is 0 Å². The monoisotopic (exact) mass is 1440 g/mol. The molecule has 0 amide bonds. The average molecular weight is 1440 g/mol. The Labute approximate surface area is 574 Å². The minimum absolute atomic E-state index is 0.0139. The number of rotatable bonds is 29. The summed E-state index contributed by atoms with van der Waals surface area (Å²) in [5, 5.41) is 94.5. The van der Waals surface area contributed by atoms with E-state index in [0.29, 0.717) is 14.4 Å². The number of carboxylic acid groups (broad SMARTS) is 4. The number of aromatic carboxylic acids is 4. The Morgan fingerprint density at radius 1 is 0.440 bits per heavy atom. The van der Waals surface area contributed by atoms with Gasteiger partial charge in [-0.15, -0.1) is 40.9 Å². The van der Waals surface area contributed by atoms with Gasteiger partial charge >= 0.3 is 23.9 Å². The van der Waals surface area contributed by atoms with Crippen LogP contribution in [0.2, 0.25) is 0 Å². The van der Waals surface area contributed by atoms with Gasteiger partial charge in [0, 0.05) is 63.9 Å². The van der Waals surface area contributed by atoms with Gasteiger partial charge in [0.15, 0.2) is 31.7 Å². The van der Waals surface area contributed by atoms with Crippen molar-refractivity contribution in [2.45, 2.75) is 61.1 Å². The maximum atomic E-state index is 12.0. The van der Waals surface area contributed by atoms with Gasteiger partial charge in [-0.1, -0.05) is 64.2 Å². The maximum absolute atomic E-state index is 12.0. The van der Waals surface area contributed by atoms with E-state index < -0.39 is 45.8 Å². The highest BCUT2D eigenvalue weighted by molar-refractivity contribution is 8.77. The molecule has 44 heteroatoms. The zero-order chi connectivity index (χ0) is 71.7. The van der Waals surface area contributed by atoms with Crippen molar-refractivity contribution in [1.82, 2.24) is 69.9 Å². The van der Waals surface area contributed by atoms with Gasteiger partial charge in [0.1, 0.15) is 23.0 Å². The summed E-state index contributed by atoms with van der Waals surface area (Å²) < 4.78 is 22.9. The number of hydrogen-bond acceptors (Lipinski definition) is 38. The Morgan fingerprint density at radius 3 is 1.05 bits per heavy atom. The average Bonchev–Trinajstić information content (AvgIpc) is 1.47. The molecule has 6 heterocycles. The minimum atomic E-state index is -1.44. The normalized spacial score (nSPS) is 11.5. The molecule has 6 aromatic heterocycles. The molecule has 4 aromatic carbocycles. The summed E-state index contributed by atoms with van der Waals surface area (Å²) in [4.78, 5) is 120. The van der Waals surface area contributed by atoms with E-state index in [1.165, 1.54) is 42.5 Å². The van der Waals surface area contributed by atoms with Crippen LogP contribution in [0.15, 0.2) is 102 Å². The number of azo groups is 2. The van der Waals surface area contributed by atoms with Crippen molar-refractivity contribution in [1.29, 1.82) is 0 Å². The number of nitrogens with zero attached hydrogens (tertiary/aromatic N) is 18. The van der Waals surface area contributed by atoms with E-state index in [1.54, 1.807) is 0 Å². The van der Waals surface area contributed by atoms with Gasteiger partial charge in [0.25, 0.3) is 48.0 Å². The molecule has 0 bridgehead atoms. The molecule has 0 spiro atoms. The number of carboxylic acids is 4. The van der Waals surface area contributed by atoms with E-state index in [9.17, 15) is 58.8 Å². The Kier molecular flexibility index (Phi) is 20.6. The third-order valence-electron chi connectivity index (χ3n) is 12.7. The predicted molar refractivity (Wildman–Crippen MR) is 354 cm³/mol. The molecular weight excluding hydrogens is 1390 g/mol. The first-order valence-electron chi connectivity index (χ1n) is 27.8. The highest BCUT2D eigenvalue weighted by atomic mass is 33.1. The Morgan fingerprint density at radius 2 is 0.740 bits per heavy atom. The first kappa shape index (κ1) is 69.7. The van der Waals surface area contributed by atoms with Crippen LogP contribution in [0.25, 0.3) is 11.9 Å². The topological polar surface area (TPSA) is 569 Å². The number of anilines is 10. The summed E-state index contributed by atoms with van der Waals surface area (Å²) in [6, 6.07) is 14.4. The molecule has 0 fully saturated rings. The van der Waals surface area contributed by atoms with E-state index in [2.05, 4.69) is 92.0 Å². The molecule has 0 unspecified atom stereocenters. The highest BCUT2D eigenvalue weighted by Gasteiger charge is 2.31. The lowest BCUT2D eigenvalue weighted by Crippen LogP contribution is -2.15. The van der Waals surface area contributed by atoms with Crippen molar-refractivity contribution in [3.8, 4) is 34.9 Å². The van der Waals surface area contributed by atoms with Crippen LogP contribution >= 0.6 is 44.3 Å². The lowest BCUT2D eigenvalue weighted by atomic mass is 9.91. The second kappa shape index (κ2) is 29.5. The molecule has 0 saturated heterocycles. The number of nitrogens with two attached hydrogens (primary N) is 2. The highest BCUT2D eigenvalue weighted by Crippen LogP contribution is 2.45. The van der Waals surface area contributed by atoms with Crippen LogP contribution in [0.3, 0.4) is 0 Å². The van der Waals surface area contributed by atoms with Gasteiger partial charge in [-0.3, -0.25) is 19.2 Å². The van der Waals surface area contributed by atoms with Gasteiger partial charge in [0.05, 0.1) is 33.6 Å². The number of carbonyl (C=O) groups is 8. The van der Waals surface area contributed by atoms with Crippen molar-refractivity contribution in [3.63, 3.8) is 0 Å². The molecule has 0 radical (unpaired) electrons. The van der Waals surface area contributed by atoms with Crippen LogP contribution in [0.5, 0.6) is 23.0 Å². The SMILES string of the molecule is CC(C)(C)c1nn(-c2nc(Nc3cc(OC=O)cc(OC=O)c3)nc(Nc3cc(OC=O)cc(C(=O)O)c3)n2)c(N)c1N=Nc1nnc(SSc2nnc(N=Nc3c(C(C)(C)C)nn(-c4nc(Nc5cc(OC=O)cc(C(=O)O)c5)nc(Nc5cc(C(=O)O)cc(C(=O)O)c5)n4)c3N)s2)s1. The molecule has 0 aliphatic rings.